The van der Waals surface area contributed by atoms with E-state index in [1.54, 1.807) is 31.2 Å². The van der Waals surface area contributed by atoms with Crippen molar-refractivity contribution in [1.82, 2.24) is 15.5 Å². The van der Waals surface area contributed by atoms with Gasteiger partial charge < -0.3 is 14.6 Å². The van der Waals surface area contributed by atoms with E-state index in [1.807, 2.05) is 6.92 Å². The number of hydrogen-bond donors (Lipinski definition) is 1. The Labute approximate surface area is 127 Å². The maximum Gasteiger partial charge on any atom is 0.249 e. The summed E-state index contributed by atoms with van der Waals surface area (Å²) in [5.41, 5.74) is 0.795. The number of nitrogens with zero attached hydrogens (tertiary/aromatic N) is 2. The van der Waals surface area contributed by atoms with Crippen LogP contribution in [0.5, 0.6) is 0 Å². The predicted molar refractivity (Wildman–Crippen MR) is 77.7 cm³/mol. The topological polar surface area (TPSA) is 77.2 Å². The van der Waals surface area contributed by atoms with Gasteiger partial charge in [-0.05, 0) is 38.1 Å². The third kappa shape index (κ3) is 4.27. The summed E-state index contributed by atoms with van der Waals surface area (Å²) in [5, 5.41) is 7.18. The van der Waals surface area contributed by atoms with Crippen LogP contribution in [0, 0.1) is 0 Å². The summed E-state index contributed by atoms with van der Waals surface area (Å²) in [4.78, 5) is 15.9. The smallest absolute Gasteiger partial charge is 0.249 e. The van der Waals surface area contributed by atoms with Crippen molar-refractivity contribution in [3.8, 4) is 11.4 Å². The van der Waals surface area contributed by atoms with Crippen molar-refractivity contribution in [2.45, 2.75) is 26.5 Å². The van der Waals surface area contributed by atoms with Crippen molar-refractivity contribution in [3.05, 3.63) is 35.2 Å². The number of rotatable bonds is 6. The van der Waals surface area contributed by atoms with Gasteiger partial charge in [0.05, 0.1) is 6.54 Å². The van der Waals surface area contributed by atoms with E-state index in [2.05, 4.69) is 15.5 Å². The van der Waals surface area contributed by atoms with Gasteiger partial charge >= 0.3 is 0 Å². The van der Waals surface area contributed by atoms with Crippen LogP contribution in [-0.2, 0) is 16.1 Å². The third-order valence-corrected chi connectivity index (χ3v) is 3.02. The fourth-order valence-corrected chi connectivity index (χ4v) is 1.80. The van der Waals surface area contributed by atoms with Crippen LogP contribution in [0.15, 0.2) is 28.8 Å². The molecular formula is C14H16ClN3O3. The van der Waals surface area contributed by atoms with Gasteiger partial charge in [0.2, 0.25) is 17.6 Å². The molecule has 0 bridgehead atoms. The van der Waals surface area contributed by atoms with Crippen molar-refractivity contribution in [2.75, 3.05) is 6.61 Å². The van der Waals surface area contributed by atoms with Gasteiger partial charge in [0.25, 0.3) is 0 Å². The Kier molecular flexibility index (Phi) is 5.30. The molecular weight excluding hydrogens is 294 g/mol. The van der Waals surface area contributed by atoms with Gasteiger partial charge in [0.15, 0.2) is 0 Å². The van der Waals surface area contributed by atoms with E-state index in [4.69, 9.17) is 20.9 Å². The molecule has 112 valence electrons. The Morgan fingerprint density at radius 3 is 2.81 bits per heavy atom. The Morgan fingerprint density at radius 1 is 1.43 bits per heavy atom. The Hall–Kier alpha value is -1.92. The molecule has 2 aromatic rings. The number of aromatic nitrogens is 2. The van der Waals surface area contributed by atoms with E-state index < -0.39 is 6.10 Å². The molecule has 1 atom stereocenters. The van der Waals surface area contributed by atoms with Crippen LogP contribution >= 0.6 is 11.6 Å². The second-order valence-corrected chi connectivity index (χ2v) is 4.77. The largest absolute Gasteiger partial charge is 0.369 e. The lowest BCUT2D eigenvalue weighted by Crippen LogP contribution is -2.34. The molecule has 0 aliphatic carbocycles. The molecule has 0 unspecified atom stereocenters. The van der Waals surface area contributed by atoms with Crippen LogP contribution < -0.4 is 5.32 Å². The molecule has 21 heavy (non-hydrogen) atoms. The Bertz CT molecular complexity index is 598. The van der Waals surface area contributed by atoms with E-state index in [0.29, 0.717) is 23.3 Å². The molecule has 0 aliphatic heterocycles. The molecule has 1 N–H and O–H groups in total. The fourth-order valence-electron chi connectivity index (χ4n) is 1.68. The number of halogens is 1. The van der Waals surface area contributed by atoms with Gasteiger partial charge in [-0.15, -0.1) is 0 Å². The minimum Gasteiger partial charge on any atom is -0.369 e. The molecule has 6 nitrogen and oxygen atoms in total. The Balaban J connectivity index is 1.94. The summed E-state index contributed by atoms with van der Waals surface area (Å²) < 4.78 is 10.3. The minimum absolute atomic E-state index is 0.164. The average molecular weight is 310 g/mol. The first-order valence-electron chi connectivity index (χ1n) is 6.58. The first kappa shape index (κ1) is 15.5. The van der Waals surface area contributed by atoms with Crippen LogP contribution in [0.4, 0.5) is 0 Å². The predicted octanol–water partition coefficient (Wildman–Crippen LogP) is 2.43. The lowest BCUT2D eigenvalue weighted by Gasteiger charge is -2.10. The fraction of sp³-hybridized carbons (Fsp3) is 0.357. The van der Waals surface area contributed by atoms with Gasteiger partial charge in [-0.1, -0.05) is 16.8 Å². The van der Waals surface area contributed by atoms with E-state index in [1.165, 1.54) is 0 Å². The van der Waals surface area contributed by atoms with Crippen molar-refractivity contribution in [3.63, 3.8) is 0 Å². The maximum absolute atomic E-state index is 11.7. The summed E-state index contributed by atoms with van der Waals surface area (Å²) >= 11 is 5.82. The van der Waals surface area contributed by atoms with Gasteiger partial charge in [0, 0.05) is 17.2 Å². The molecule has 0 saturated carbocycles. The first-order chi connectivity index (χ1) is 10.1. The van der Waals surface area contributed by atoms with Crippen LogP contribution in [0.2, 0.25) is 5.02 Å². The second kappa shape index (κ2) is 7.19. The molecule has 2 rings (SSSR count). The monoisotopic (exact) mass is 309 g/mol. The first-order valence-corrected chi connectivity index (χ1v) is 6.95. The number of hydrogen-bond acceptors (Lipinski definition) is 5. The highest BCUT2D eigenvalue weighted by molar-refractivity contribution is 6.30. The zero-order chi connectivity index (χ0) is 15.2. The van der Waals surface area contributed by atoms with Crippen molar-refractivity contribution in [1.29, 1.82) is 0 Å². The molecule has 7 heteroatoms. The third-order valence-electron chi connectivity index (χ3n) is 2.77. The van der Waals surface area contributed by atoms with Crippen molar-refractivity contribution in [2.24, 2.45) is 0 Å². The van der Waals surface area contributed by atoms with Gasteiger partial charge in [0.1, 0.15) is 6.10 Å². The normalized spacial score (nSPS) is 12.1. The van der Waals surface area contributed by atoms with Crippen LogP contribution in [0.3, 0.4) is 0 Å². The van der Waals surface area contributed by atoms with E-state index in [-0.39, 0.29) is 12.5 Å². The number of benzene rings is 1. The number of carbonyl (C=O) groups excluding carboxylic acids is 1. The zero-order valence-electron chi connectivity index (χ0n) is 11.8. The number of nitrogens with one attached hydrogen (secondary N) is 1. The van der Waals surface area contributed by atoms with E-state index >= 15 is 0 Å². The number of amides is 1. The summed E-state index contributed by atoms with van der Waals surface area (Å²) in [5.74, 6) is 0.564. The summed E-state index contributed by atoms with van der Waals surface area (Å²) in [6.45, 7) is 4.17. The number of carbonyl (C=O) groups is 1. The highest BCUT2D eigenvalue weighted by Gasteiger charge is 2.14. The van der Waals surface area contributed by atoms with Gasteiger partial charge in [-0.25, -0.2) is 0 Å². The lowest BCUT2D eigenvalue weighted by molar-refractivity contribution is -0.131. The van der Waals surface area contributed by atoms with Crippen LogP contribution in [0.1, 0.15) is 19.7 Å². The molecule has 0 aliphatic rings. The molecule has 1 aromatic carbocycles. The SMILES string of the molecule is CCO[C@@H](C)C(=O)NCc1nc(-c2ccc(Cl)cc2)no1. The average Bonchev–Trinajstić information content (AvgIpc) is 2.94. The highest BCUT2D eigenvalue weighted by atomic mass is 35.5. The highest BCUT2D eigenvalue weighted by Crippen LogP contribution is 2.18. The molecule has 0 saturated heterocycles. The molecule has 1 amide bonds. The summed E-state index contributed by atoms with van der Waals surface area (Å²) in [7, 11) is 0. The summed E-state index contributed by atoms with van der Waals surface area (Å²) in [6, 6.07) is 7.09. The van der Waals surface area contributed by atoms with E-state index in [9.17, 15) is 4.79 Å². The molecule has 0 radical (unpaired) electrons. The quantitative estimate of drug-likeness (QED) is 0.886. The van der Waals surface area contributed by atoms with Gasteiger partial charge in [-0.2, -0.15) is 4.98 Å². The van der Waals surface area contributed by atoms with Crippen LogP contribution in [-0.4, -0.2) is 28.8 Å². The zero-order valence-corrected chi connectivity index (χ0v) is 12.6. The standard InChI is InChI=1S/C14H16ClN3O3/c1-3-20-9(2)14(19)16-8-12-17-13(18-21-12)10-4-6-11(15)7-5-10/h4-7,9H,3,8H2,1-2H3,(H,16,19)/t9-/m0/s1. The molecule has 1 heterocycles. The molecule has 0 fully saturated rings. The molecule has 0 spiro atoms. The second-order valence-electron chi connectivity index (χ2n) is 4.33. The molecule has 1 aromatic heterocycles. The van der Waals surface area contributed by atoms with Gasteiger partial charge in [-0.3, -0.25) is 4.79 Å². The summed E-state index contributed by atoms with van der Waals surface area (Å²) in [6.07, 6.45) is -0.506. The number of ether oxygens (including phenoxy) is 1. The van der Waals surface area contributed by atoms with Crippen LogP contribution in [0.25, 0.3) is 11.4 Å². The van der Waals surface area contributed by atoms with Crippen molar-refractivity contribution < 1.29 is 14.1 Å². The van der Waals surface area contributed by atoms with E-state index in [0.717, 1.165) is 5.56 Å². The Morgan fingerprint density at radius 2 is 2.14 bits per heavy atom. The van der Waals surface area contributed by atoms with Crippen molar-refractivity contribution >= 4 is 17.5 Å². The lowest BCUT2D eigenvalue weighted by atomic mass is 10.2. The minimum atomic E-state index is -0.506. The maximum atomic E-state index is 11.7.